The van der Waals surface area contributed by atoms with E-state index in [2.05, 4.69) is 11.8 Å². The van der Waals surface area contributed by atoms with E-state index in [-0.39, 0.29) is 6.09 Å². The van der Waals surface area contributed by atoms with E-state index in [4.69, 9.17) is 4.74 Å². The minimum atomic E-state index is -0.341. The molecule has 0 spiro atoms. The molecule has 1 aromatic rings. The molecule has 1 aromatic carbocycles. The minimum absolute atomic E-state index is 0.341. The third-order valence-electron chi connectivity index (χ3n) is 3.65. The largest absolute Gasteiger partial charge is 0.414 e. The number of hydrogen-bond acceptors (Lipinski definition) is 3. The van der Waals surface area contributed by atoms with Gasteiger partial charge >= 0.3 is 6.09 Å². The number of amides is 1. The summed E-state index contributed by atoms with van der Waals surface area (Å²) in [7, 11) is 7.46. The standard InChI is InChI=1S/C18H30N2O2/c1-6-7-8-9-10-11-15-14-16(22-18(21)20(4)5)12-13-17(15)19(2)3/h12-14H,6-11H2,1-5H3. The van der Waals surface area contributed by atoms with Crippen LogP contribution in [0.1, 0.15) is 44.6 Å². The summed E-state index contributed by atoms with van der Waals surface area (Å²) >= 11 is 0. The average Bonchev–Trinajstić information content (AvgIpc) is 2.46. The number of anilines is 1. The van der Waals surface area contributed by atoms with Gasteiger partial charge in [-0.2, -0.15) is 0 Å². The summed E-state index contributed by atoms with van der Waals surface area (Å²) in [5.41, 5.74) is 2.44. The van der Waals surface area contributed by atoms with Gasteiger partial charge in [-0.05, 0) is 36.6 Å². The molecule has 0 saturated carbocycles. The zero-order valence-corrected chi connectivity index (χ0v) is 14.7. The number of aryl methyl sites for hydroxylation is 1. The Morgan fingerprint density at radius 3 is 2.32 bits per heavy atom. The third kappa shape index (κ3) is 5.96. The second kappa shape index (κ2) is 9.34. The lowest BCUT2D eigenvalue weighted by atomic mass is 10.0. The van der Waals surface area contributed by atoms with E-state index in [1.54, 1.807) is 14.1 Å². The first-order valence-electron chi connectivity index (χ1n) is 8.15. The zero-order chi connectivity index (χ0) is 16.5. The number of carbonyl (C=O) groups is 1. The molecular formula is C18H30N2O2. The molecule has 0 saturated heterocycles. The Balaban J connectivity index is 2.75. The molecule has 0 N–H and O–H groups in total. The van der Waals surface area contributed by atoms with Gasteiger partial charge in [-0.1, -0.05) is 32.6 Å². The summed E-state index contributed by atoms with van der Waals surface area (Å²) in [4.78, 5) is 15.2. The van der Waals surface area contributed by atoms with E-state index < -0.39 is 0 Å². The van der Waals surface area contributed by atoms with Gasteiger partial charge in [-0.3, -0.25) is 0 Å². The first kappa shape index (κ1) is 18.3. The second-order valence-corrected chi connectivity index (χ2v) is 6.11. The number of unbranched alkanes of at least 4 members (excludes halogenated alkanes) is 4. The van der Waals surface area contributed by atoms with Crippen LogP contribution in [0.15, 0.2) is 18.2 Å². The van der Waals surface area contributed by atoms with Crippen molar-refractivity contribution < 1.29 is 9.53 Å². The highest BCUT2D eigenvalue weighted by atomic mass is 16.6. The smallest absolute Gasteiger partial charge is 0.410 e. The van der Waals surface area contributed by atoms with Crippen molar-refractivity contribution in [2.75, 3.05) is 33.1 Å². The van der Waals surface area contributed by atoms with Crippen molar-refractivity contribution in [3.8, 4) is 5.75 Å². The molecule has 22 heavy (non-hydrogen) atoms. The Labute approximate surface area is 135 Å². The van der Waals surface area contributed by atoms with Crippen LogP contribution in [-0.2, 0) is 6.42 Å². The highest BCUT2D eigenvalue weighted by Crippen LogP contribution is 2.26. The van der Waals surface area contributed by atoms with Crippen LogP contribution in [0.25, 0.3) is 0 Å². The molecule has 4 heteroatoms. The highest BCUT2D eigenvalue weighted by molar-refractivity contribution is 5.70. The van der Waals surface area contributed by atoms with Crippen LogP contribution in [0.2, 0.25) is 0 Å². The van der Waals surface area contributed by atoms with Crippen molar-refractivity contribution in [2.24, 2.45) is 0 Å². The molecule has 0 radical (unpaired) electrons. The van der Waals surface area contributed by atoms with Gasteiger partial charge in [0, 0.05) is 33.9 Å². The highest BCUT2D eigenvalue weighted by Gasteiger charge is 2.10. The first-order valence-corrected chi connectivity index (χ1v) is 8.15. The molecule has 4 nitrogen and oxygen atoms in total. The molecule has 0 aliphatic rings. The Hall–Kier alpha value is -1.71. The van der Waals surface area contributed by atoms with Crippen molar-refractivity contribution in [1.82, 2.24) is 4.90 Å². The molecule has 1 amide bonds. The molecule has 124 valence electrons. The Kier molecular flexibility index (Phi) is 7.78. The first-order chi connectivity index (χ1) is 10.5. The van der Waals surface area contributed by atoms with Crippen LogP contribution in [0.3, 0.4) is 0 Å². The van der Waals surface area contributed by atoms with E-state index in [1.807, 2.05) is 32.3 Å². The van der Waals surface area contributed by atoms with Crippen LogP contribution in [-0.4, -0.2) is 39.2 Å². The SMILES string of the molecule is CCCCCCCc1cc(OC(=O)N(C)C)ccc1N(C)C. The Morgan fingerprint density at radius 1 is 1.05 bits per heavy atom. The molecule has 0 bridgehead atoms. The van der Waals surface area contributed by atoms with Crippen molar-refractivity contribution in [3.63, 3.8) is 0 Å². The van der Waals surface area contributed by atoms with Gasteiger partial charge in [0.05, 0.1) is 0 Å². The van der Waals surface area contributed by atoms with E-state index in [9.17, 15) is 4.79 Å². The van der Waals surface area contributed by atoms with E-state index >= 15 is 0 Å². The van der Waals surface area contributed by atoms with E-state index in [0.717, 1.165) is 6.42 Å². The molecule has 0 aliphatic heterocycles. The summed E-state index contributed by atoms with van der Waals surface area (Å²) in [6.45, 7) is 2.23. The number of ether oxygens (including phenoxy) is 1. The monoisotopic (exact) mass is 306 g/mol. The summed E-state index contributed by atoms with van der Waals surface area (Å²) in [6.07, 6.45) is 6.97. The van der Waals surface area contributed by atoms with Gasteiger partial charge in [0.25, 0.3) is 0 Å². The normalized spacial score (nSPS) is 10.4. The maximum absolute atomic E-state index is 11.7. The molecule has 0 atom stereocenters. The van der Waals surface area contributed by atoms with Gasteiger partial charge in [-0.15, -0.1) is 0 Å². The number of benzene rings is 1. The topological polar surface area (TPSA) is 32.8 Å². The lowest BCUT2D eigenvalue weighted by Gasteiger charge is -2.19. The maximum Gasteiger partial charge on any atom is 0.414 e. The summed E-state index contributed by atoms with van der Waals surface area (Å²) in [5.74, 6) is 0.618. The number of carbonyl (C=O) groups excluding carboxylic acids is 1. The Bertz CT molecular complexity index is 470. The third-order valence-corrected chi connectivity index (χ3v) is 3.65. The maximum atomic E-state index is 11.7. The van der Waals surface area contributed by atoms with Crippen LogP contribution < -0.4 is 9.64 Å². The molecular weight excluding hydrogens is 276 g/mol. The molecule has 0 fully saturated rings. The van der Waals surface area contributed by atoms with Gasteiger partial charge < -0.3 is 14.5 Å². The Morgan fingerprint density at radius 2 is 1.73 bits per heavy atom. The molecule has 0 aromatic heterocycles. The van der Waals surface area contributed by atoms with Crippen LogP contribution in [0.5, 0.6) is 5.75 Å². The van der Waals surface area contributed by atoms with Crippen LogP contribution in [0.4, 0.5) is 10.5 Å². The lowest BCUT2D eigenvalue weighted by molar-refractivity contribution is 0.172. The minimum Gasteiger partial charge on any atom is -0.410 e. The fourth-order valence-electron chi connectivity index (χ4n) is 2.37. The van der Waals surface area contributed by atoms with Crippen molar-refractivity contribution in [3.05, 3.63) is 23.8 Å². The van der Waals surface area contributed by atoms with Gasteiger partial charge in [0.15, 0.2) is 0 Å². The van der Waals surface area contributed by atoms with Crippen molar-refractivity contribution >= 4 is 11.8 Å². The quantitative estimate of drug-likeness (QED) is 0.670. The average molecular weight is 306 g/mol. The molecule has 0 heterocycles. The second-order valence-electron chi connectivity index (χ2n) is 6.11. The lowest BCUT2D eigenvalue weighted by Crippen LogP contribution is -2.25. The number of hydrogen-bond donors (Lipinski definition) is 0. The molecule has 0 unspecified atom stereocenters. The van der Waals surface area contributed by atoms with Crippen molar-refractivity contribution in [2.45, 2.75) is 45.4 Å². The fraction of sp³-hybridized carbons (Fsp3) is 0.611. The number of rotatable bonds is 8. The molecule has 0 aliphatic carbocycles. The summed E-state index contributed by atoms with van der Waals surface area (Å²) in [5, 5.41) is 0. The predicted molar refractivity (Wildman–Crippen MR) is 92.9 cm³/mol. The zero-order valence-electron chi connectivity index (χ0n) is 14.7. The van der Waals surface area contributed by atoms with E-state index in [1.165, 1.54) is 48.3 Å². The predicted octanol–water partition coefficient (Wildman–Crippen LogP) is 4.33. The van der Waals surface area contributed by atoms with E-state index in [0.29, 0.717) is 5.75 Å². The van der Waals surface area contributed by atoms with Gasteiger partial charge in [0.2, 0.25) is 0 Å². The fourth-order valence-corrected chi connectivity index (χ4v) is 2.37. The summed E-state index contributed by atoms with van der Waals surface area (Å²) < 4.78 is 5.36. The van der Waals surface area contributed by atoms with Crippen LogP contribution >= 0.6 is 0 Å². The van der Waals surface area contributed by atoms with Crippen LogP contribution in [0, 0.1) is 0 Å². The van der Waals surface area contributed by atoms with Gasteiger partial charge in [-0.25, -0.2) is 4.79 Å². The van der Waals surface area contributed by atoms with Gasteiger partial charge in [0.1, 0.15) is 5.75 Å². The summed E-state index contributed by atoms with van der Waals surface area (Å²) in [6, 6.07) is 5.88. The van der Waals surface area contributed by atoms with Crippen molar-refractivity contribution in [1.29, 1.82) is 0 Å². The molecule has 1 rings (SSSR count). The number of nitrogens with zero attached hydrogens (tertiary/aromatic N) is 2.